The highest BCUT2D eigenvalue weighted by atomic mass is 127. The Morgan fingerprint density at radius 2 is 2.41 bits per heavy atom. The summed E-state index contributed by atoms with van der Waals surface area (Å²) in [7, 11) is 3.40. The molecule has 0 aliphatic carbocycles. The zero-order valence-corrected chi connectivity index (χ0v) is 12.6. The lowest BCUT2D eigenvalue weighted by Gasteiger charge is -2.12. The maximum absolute atomic E-state index is 5.69. The van der Waals surface area contributed by atoms with Crippen LogP contribution < -0.4 is 11.1 Å². The van der Waals surface area contributed by atoms with Gasteiger partial charge in [-0.3, -0.25) is 0 Å². The molecule has 0 aliphatic rings. The minimum atomic E-state index is 0. The average molecular weight is 354 g/mol. The van der Waals surface area contributed by atoms with Crippen LogP contribution >= 0.6 is 24.0 Å². The molecule has 1 atom stereocenters. The Labute approximate surface area is 118 Å². The molecule has 0 bridgehead atoms. The molecule has 0 fully saturated rings. The molecule has 7 nitrogen and oxygen atoms in total. The lowest BCUT2D eigenvalue weighted by molar-refractivity contribution is 0.179. The van der Waals surface area contributed by atoms with E-state index < -0.39 is 0 Å². The van der Waals surface area contributed by atoms with Crippen molar-refractivity contribution in [1.82, 2.24) is 20.3 Å². The molecule has 0 spiro atoms. The number of aliphatic imine (C=N–C) groups is 1. The van der Waals surface area contributed by atoms with Crippen LogP contribution in [0.5, 0.6) is 0 Å². The highest BCUT2D eigenvalue weighted by Crippen LogP contribution is 1.92. The van der Waals surface area contributed by atoms with E-state index in [-0.39, 0.29) is 30.0 Å². The molecule has 0 radical (unpaired) electrons. The second kappa shape index (κ2) is 8.23. The van der Waals surface area contributed by atoms with Crippen molar-refractivity contribution < 1.29 is 4.74 Å². The number of rotatable bonds is 5. The maximum atomic E-state index is 5.69. The lowest BCUT2D eigenvalue weighted by atomic mass is 10.4. The smallest absolute Gasteiger partial charge is 0.189 e. The van der Waals surface area contributed by atoms with Gasteiger partial charge in [0.15, 0.2) is 5.96 Å². The Morgan fingerprint density at radius 3 is 2.94 bits per heavy atom. The van der Waals surface area contributed by atoms with E-state index in [1.165, 1.54) is 4.80 Å². The van der Waals surface area contributed by atoms with E-state index in [4.69, 9.17) is 10.5 Å². The molecule has 0 saturated carbocycles. The monoisotopic (exact) mass is 354 g/mol. The van der Waals surface area contributed by atoms with Crippen molar-refractivity contribution in [1.29, 1.82) is 0 Å². The second-order valence-corrected chi connectivity index (χ2v) is 3.53. The topological polar surface area (TPSA) is 90.4 Å². The van der Waals surface area contributed by atoms with Gasteiger partial charge in [0.2, 0.25) is 0 Å². The summed E-state index contributed by atoms with van der Waals surface area (Å²) in [6.07, 6.45) is 1.66. The zero-order chi connectivity index (χ0) is 12.0. The summed E-state index contributed by atoms with van der Waals surface area (Å²) < 4.78 is 4.97. The van der Waals surface area contributed by atoms with Crippen LogP contribution in [0, 0.1) is 0 Å². The largest absolute Gasteiger partial charge is 0.383 e. The minimum absolute atomic E-state index is 0. The molecule has 98 valence electrons. The Hall–Kier alpha value is -0.900. The summed E-state index contributed by atoms with van der Waals surface area (Å²) >= 11 is 0. The Bertz CT molecular complexity index is 353. The number of aromatic nitrogens is 3. The molecule has 3 N–H and O–H groups in total. The van der Waals surface area contributed by atoms with Crippen molar-refractivity contribution in [2.24, 2.45) is 17.8 Å². The Kier molecular flexibility index (Phi) is 7.79. The summed E-state index contributed by atoms with van der Waals surface area (Å²) in [6, 6.07) is 0.135. The quantitative estimate of drug-likeness (QED) is 0.437. The Morgan fingerprint density at radius 1 is 1.71 bits per heavy atom. The first kappa shape index (κ1) is 16.1. The molecule has 1 heterocycles. The normalized spacial score (nSPS) is 13.0. The van der Waals surface area contributed by atoms with Crippen LogP contribution in [0.3, 0.4) is 0 Å². The second-order valence-electron chi connectivity index (χ2n) is 3.53. The van der Waals surface area contributed by atoms with E-state index in [0.29, 0.717) is 19.1 Å². The highest BCUT2D eigenvalue weighted by Gasteiger charge is 2.02. The molecular weight excluding hydrogens is 335 g/mol. The fraction of sp³-hybridized carbons (Fsp3) is 0.667. The first-order chi connectivity index (χ1) is 7.61. The van der Waals surface area contributed by atoms with Gasteiger partial charge in [-0.15, -0.1) is 24.0 Å². The molecule has 1 aromatic heterocycles. The average Bonchev–Trinajstić information content (AvgIpc) is 2.61. The van der Waals surface area contributed by atoms with Crippen LogP contribution in [-0.2, 0) is 18.3 Å². The molecule has 0 saturated heterocycles. The summed E-state index contributed by atoms with van der Waals surface area (Å²) in [5, 5.41) is 11.0. The minimum Gasteiger partial charge on any atom is -0.383 e. The number of nitrogens with zero attached hydrogens (tertiary/aromatic N) is 4. The van der Waals surface area contributed by atoms with Crippen LogP contribution in [0.25, 0.3) is 0 Å². The lowest BCUT2D eigenvalue weighted by Crippen LogP contribution is -2.40. The zero-order valence-electron chi connectivity index (χ0n) is 10.3. The molecule has 1 aromatic rings. The van der Waals surface area contributed by atoms with Crippen molar-refractivity contribution in [3.63, 3.8) is 0 Å². The van der Waals surface area contributed by atoms with E-state index in [1.54, 1.807) is 20.4 Å². The predicted molar refractivity (Wildman–Crippen MR) is 76.2 cm³/mol. The Balaban J connectivity index is 0.00000256. The SMILES string of the molecule is COCC(C)NC(N)=NCc1cnn(C)n1.I. The van der Waals surface area contributed by atoms with Gasteiger partial charge in [0.05, 0.1) is 19.3 Å². The number of hydrogen-bond donors (Lipinski definition) is 2. The van der Waals surface area contributed by atoms with Crippen LogP contribution in [0.15, 0.2) is 11.2 Å². The maximum Gasteiger partial charge on any atom is 0.189 e. The fourth-order valence-electron chi connectivity index (χ4n) is 1.22. The molecule has 0 aromatic carbocycles. The van der Waals surface area contributed by atoms with Crippen molar-refractivity contribution in [2.75, 3.05) is 13.7 Å². The molecule has 17 heavy (non-hydrogen) atoms. The third-order valence-corrected chi connectivity index (χ3v) is 1.87. The van der Waals surface area contributed by atoms with E-state index in [9.17, 15) is 0 Å². The third kappa shape index (κ3) is 6.41. The number of methoxy groups -OCH3 is 1. The van der Waals surface area contributed by atoms with Crippen molar-refractivity contribution in [2.45, 2.75) is 19.5 Å². The molecule has 1 unspecified atom stereocenters. The van der Waals surface area contributed by atoms with Gasteiger partial charge in [-0.1, -0.05) is 0 Å². The molecule has 1 rings (SSSR count). The summed E-state index contributed by atoms with van der Waals surface area (Å²) in [4.78, 5) is 5.63. The molecular formula is C9H19IN6O. The van der Waals surface area contributed by atoms with Gasteiger partial charge in [0.25, 0.3) is 0 Å². The number of guanidine groups is 1. The first-order valence-corrected chi connectivity index (χ1v) is 5.02. The van der Waals surface area contributed by atoms with E-state index in [1.807, 2.05) is 6.92 Å². The van der Waals surface area contributed by atoms with Crippen molar-refractivity contribution >= 4 is 29.9 Å². The van der Waals surface area contributed by atoms with Gasteiger partial charge in [-0.2, -0.15) is 15.0 Å². The van der Waals surface area contributed by atoms with E-state index >= 15 is 0 Å². The molecule has 0 aliphatic heterocycles. The third-order valence-electron chi connectivity index (χ3n) is 1.87. The van der Waals surface area contributed by atoms with Crippen LogP contribution in [0.2, 0.25) is 0 Å². The van der Waals surface area contributed by atoms with Crippen molar-refractivity contribution in [3.05, 3.63) is 11.9 Å². The molecule has 0 amide bonds. The van der Waals surface area contributed by atoms with Gasteiger partial charge in [-0.25, -0.2) is 4.99 Å². The molecule has 8 heteroatoms. The number of nitrogens with one attached hydrogen (secondary N) is 1. The fourth-order valence-corrected chi connectivity index (χ4v) is 1.22. The summed E-state index contributed by atoms with van der Waals surface area (Å²) in [5.74, 6) is 0.384. The number of hydrogen-bond acceptors (Lipinski definition) is 4. The van der Waals surface area contributed by atoms with Crippen LogP contribution in [-0.4, -0.2) is 40.7 Å². The number of nitrogens with two attached hydrogens (primary N) is 1. The van der Waals surface area contributed by atoms with Gasteiger partial charge < -0.3 is 15.8 Å². The van der Waals surface area contributed by atoms with Gasteiger partial charge in [0.1, 0.15) is 5.69 Å². The predicted octanol–water partition coefficient (Wildman–Crippen LogP) is -0.128. The van der Waals surface area contributed by atoms with E-state index in [0.717, 1.165) is 5.69 Å². The highest BCUT2D eigenvalue weighted by molar-refractivity contribution is 14.0. The van der Waals surface area contributed by atoms with Crippen LogP contribution in [0.1, 0.15) is 12.6 Å². The van der Waals surface area contributed by atoms with E-state index in [2.05, 4.69) is 20.5 Å². The summed E-state index contributed by atoms with van der Waals surface area (Å²) in [6.45, 7) is 2.97. The number of ether oxygens (including phenoxy) is 1. The first-order valence-electron chi connectivity index (χ1n) is 5.02. The van der Waals surface area contributed by atoms with Crippen LogP contribution in [0.4, 0.5) is 0 Å². The summed E-state index contributed by atoms with van der Waals surface area (Å²) in [5.41, 5.74) is 6.47. The van der Waals surface area contributed by atoms with Gasteiger partial charge in [-0.05, 0) is 6.92 Å². The number of halogens is 1. The van der Waals surface area contributed by atoms with Gasteiger partial charge in [0, 0.05) is 20.2 Å². The standard InChI is InChI=1S/C9H18N6O.HI/c1-7(6-16-3)13-9(10)11-4-8-5-12-15(2)14-8;/h5,7H,4,6H2,1-3H3,(H3,10,11,13);1H. The van der Waals surface area contributed by atoms with Gasteiger partial charge >= 0.3 is 0 Å². The number of aryl methyl sites for hydroxylation is 1. The van der Waals surface area contributed by atoms with Crippen molar-refractivity contribution in [3.8, 4) is 0 Å².